The Kier molecular flexibility index (Phi) is 7.10. The van der Waals surface area contributed by atoms with Gasteiger partial charge in [0.2, 0.25) is 5.91 Å². The minimum atomic E-state index is 0.00622. The zero-order valence-electron chi connectivity index (χ0n) is 19.6. The lowest BCUT2D eigenvalue weighted by atomic mass is 10.1. The first-order chi connectivity index (χ1) is 16.2. The maximum absolute atomic E-state index is 12.8. The van der Waals surface area contributed by atoms with Gasteiger partial charge in [0.05, 0.1) is 22.6 Å². The van der Waals surface area contributed by atoms with Gasteiger partial charge in [-0.2, -0.15) is 5.10 Å². The molecule has 2 aromatic carbocycles. The highest BCUT2D eigenvalue weighted by molar-refractivity contribution is 6.36. The van der Waals surface area contributed by atoms with Crippen LogP contribution in [0.25, 0.3) is 17.0 Å². The average Bonchev–Trinajstić information content (AvgIpc) is 3.38. The number of carbonyl (C=O) groups is 1. The van der Waals surface area contributed by atoms with Crippen LogP contribution in [-0.4, -0.2) is 32.6 Å². The summed E-state index contributed by atoms with van der Waals surface area (Å²) in [7, 11) is 1.81. The minimum absolute atomic E-state index is 0.00622. The number of hydrogen-bond acceptors (Lipinski definition) is 4. The van der Waals surface area contributed by atoms with Crippen LogP contribution >= 0.6 is 23.2 Å². The van der Waals surface area contributed by atoms with E-state index in [2.05, 4.69) is 24.0 Å². The molecule has 2 heterocycles. The number of benzene rings is 2. The highest BCUT2D eigenvalue weighted by Crippen LogP contribution is 2.31. The van der Waals surface area contributed by atoms with Gasteiger partial charge in [0.15, 0.2) is 11.7 Å². The first-order valence-electron chi connectivity index (χ1n) is 11.0. The van der Waals surface area contributed by atoms with Gasteiger partial charge in [0.1, 0.15) is 0 Å². The van der Waals surface area contributed by atoms with Gasteiger partial charge in [-0.1, -0.05) is 41.4 Å². The smallest absolute Gasteiger partial charge is 0.223 e. The van der Waals surface area contributed by atoms with Gasteiger partial charge in [0, 0.05) is 48.3 Å². The molecule has 0 bridgehead atoms. The van der Waals surface area contributed by atoms with E-state index < -0.39 is 0 Å². The van der Waals surface area contributed by atoms with Crippen LogP contribution in [0.4, 0.5) is 0 Å². The monoisotopic (exact) mass is 496 g/mol. The quantitative estimate of drug-likeness (QED) is 0.299. The molecule has 0 aliphatic carbocycles. The fourth-order valence-corrected chi connectivity index (χ4v) is 4.41. The summed E-state index contributed by atoms with van der Waals surface area (Å²) in [4.78, 5) is 18.9. The molecule has 0 fully saturated rings. The number of hydrogen-bond donors (Lipinski definition) is 0. The number of rotatable bonds is 7. The maximum Gasteiger partial charge on any atom is 0.223 e. The Labute approximate surface area is 209 Å². The van der Waals surface area contributed by atoms with Crippen molar-refractivity contribution in [3.05, 3.63) is 87.1 Å². The van der Waals surface area contributed by atoms with Gasteiger partial charge in [-0.25, -0.2) is 9.67 Å². The molecular formula is C26H26Cl2N4O2. The Morgan fingerprint density at radius 2 is 1.88 bits per heavy atom. The Balaban J connectivity index is 1.41. The van der Waals surface area contributed by atoms with E-state index in [0.717, 1.165) is 28.2 Å². The number of para-hydroxylation sites is 1. The van der Waals surface area contributed by atoms with Crippen LogP contribution in [0.15, 0.2) is 53.1 Å². The molecule has 6 nitrogen and oxygen atoms in total. The van der Waals surface area contributed by atoms with Crippen LogP contribution in [0.2, 0.25) is 10.0 Å². The normalized spacial score (nSPS) is 11.1. The largest absolute Gasteiger partial charge is 0.441 e. The lowest BCUT2D eigenvalue weighted by Crippen LogP contribution is -2.27. The number of halogens is 2. The van der Waals surface area contributed by atoms with Gasteiger partial charge in [-0.15, -0.1) is 0 Å². The third kappa shape index (κ3) is 5.03. The summed E-state index contributed by atoms with van der Waals surface area (Å²) in [5.74, 6) is 1.04. The van der Waals surface area contributed by atoms with E-state index in [1.807, 2.05) is 30.7 Å². The lowest BCUT2D eigenvalue weighted by molar-refractivity contribution is -0.130. The van der Waals surface area contributed by atoms with Crippen molar-refractivity contribution in [1.29, 1.82) is 0 Å². The molecule has 2 aromatic heterocycles. The molecule has 4 rings (SSSR count). The molecule has 0 aliphatic rings. The molecule has 176 valence electrons. The number of nitrogens with zero attached hydrogens (tertiary/aromatic N) is 4. The first-order valence-corrected chi connectivity index (χ1v) is 11.8. The highest BCUT2D eigenvalue weighted by Gasteiger charge is 2.19. The topological polar surface area (TPSA) is 64.2 Å². The zero-order valence-corrected chi connectivity index (χ0v) is 21.1. The molecule has 0 aliphatic heterocycles. The fraction of sp³-hybridized carbons (Fsp3) is 0.269. The molecule has 0 atom stereocenters. The van der Waals surface area contributed by atoms with Gasteiger partial charge in [0.25, 0.3) is 0 Å². The molecule has 0 N–H and O–H groups in total. The van der Waals surface area contributed by atoms with Crippen molar-refractivity contribution >= 4 is 29.1 Å². The van der Waals surface area contributed by atoms with E-state index in [4.69, 9.17) is 32.7 Å². The van der Waals surface area contributed by atoms with Crippen LogP contribution in [0.3, 0.4) is 0 Å². The second-order valence-electron chi connectivity index (χ2n) is 8.34. The van der Waals surface area contributed by atoms with Gasteiger partial charge in [-0.3, -0.25) is 4.79 Å². The van der Waals surface area contributed by atoms with Gasteiger partial charge < -0.3 is 9.32 Å². The number of aromatic nitrogens is 3. The SMILES string of the molecule is Cc1ccccc1-n1nc(C)c(CN(C)C(=O)CCc2ncc(-c3ccc(Cl)cc3Cl)o2)c1C. The summed E-state index contributed by atoms with van der Waals surface area (Å²) < 4.78 is 7.77. The summed E-state index contributed by atoms with van der Waals surface area (Å²) >= 11 is 12.2. The summed E-state index contributed by atoms with van der Waals surface area (Å²) in [6.45, 7) is 6.57. The van der Waals surface area contributed by atoms with Crippen LogP contribution in [0, 0.1) is 20.8 Å². The summed E-state index contributed by atoms with van der Waals surface area (Å²) in [6, 6.07) is 13.3. The Morgan fingerprint density at radius 3 is 2.62 bits per heavy atom. The average molecular weight is 497 g/mol. The van der Waals surface area contributed by atoms with Crippen molar-refractivity contribution in [2.45, 2.75) is 40.2 Å². The summed E-state index contributed by atoms with van der Waals surface area (Å²) in [6.07, 6.45) is 2.30. The number of oxazole rings is 1. The molecule has 0 saturated carbocycles. The third-order valence-electron chi connectivity index (χ3n) is 5.91. The van der Waals surface area contributed by atoms with E-state index in [0.29, 0.717) is 40.2 Å². The van der Waals surface area contributed by atoms with Crippen LogP contribution in [-0.2, 0) is 17.8 Å². The van der Waals surface area contributed by atoms with E-state index in [1.165, 1.54) is 0 Å². The molecule has 0 saturated heterocycles. The molecule has 0 radical (unpaired) electrons. The Morgan fingerprint density at radius 1 is 1.12 bits per heavy atom. The molecule has 8 heteroatoms. The van der Waals surface area contributed by atoms with Crippen LogP contribution in [0.1, 0.15) is 34.8 Å². The van der Waals surface area contributed by atoms with Gasteiger partial charge >= 0.3 is 0 Å². The predicted octanol–water partition coefficient (Wildman–Crippen LogP) is 6.35. The molecular weight excluding hydrogens is 471 g/mol. The molecule has 4 aromatic rings. The van der Waals surface area contributed by atoms with Crippen molar-refractivity contribution in [3.63, 3.8) is 0 Å². The number of aryl methyl sites for hydroxylation is 3. The number of amides is 1. The molecule has 0 unspecified atom stereocenters. The van der Waals surface area contributed by atoms with Crippen LogP contribution in [0.5, 0.6) is 0 Å². The Hall–Kier alpha value is -3.09. The predicted molar refractivity (Wildman–Crippen MR) is 135 cm³/mol. The van der Waals surface area contributed by atoms with Crippen molar-refractivity contribution in [1.82, 2.24) is 19.7 Å². The second kappa shape index (κ2) is 10.0. The number of carbonyl (C=O) groups excluding carboxylic acids is 1. The van der Waals surface area contributed by atoms with Crippen molar-refractivity contribution < 1.29 is 9.21 Å². The van der Waals surface area contributed by atoms with Crippen molar-refractivity contribution in [2.24, 2.45) is 0 Å². The summed E-state index contributed by atoms with van der Waals surface area (Å²) in [5, 5.41) is 5.77. The zero-order chi connectivity index (χ0) is 24.4. The van der Waals surface area contributed by atoms with Crippen molar-refractivity contribution in [2.75, 3.05) is 7.05 Å². The summed E-state index contributed by atoms with van der Waals surface area (Å²) in [5.41, 5.74) is 5.90. The molecule has 34 heavy (non-hydrogen) atoms. The molecule has 1 amide bonds. The Bertz CT molecular complexity index is 1340. The maximum atomic E-state index is 12.8. The van der Waals surface area contributed by atoms with E-state index in [1.54, 1.807) is 36.3 Å². The minimum Gasteiger partial charge on any atom is -0.441 e. The molecule has 0 spiro atoms. The van der Waals surface area contributed by atoms with E-state index >= 15 is 0 Å². The van der Waals surface area contributed by atoms with Crippen molar-refractivity contribution in [3.8, 4) is 17.0 Å². The standard InChI is InChI=1S/C26H26Cl2N4O2/c1-16-7-5-6-8-23(16)32-18(3)21(17(2)30-32)15-31(4)26(33)12-11-25-29-14-24(34-25)20-10-9-19(27)13-22(20)28/h5-10,13-14H,11-12,15H2,1-4H3. The third-order valence-corrected chi connectivity index (χ3v) is 6.46. The van der Waals surface area contributed by atoms with Crippen LogP contribution < -0.4 is 0 Å². The second-order valence-corrected chi connectivity index (χ2v) is 9.18. The first kappa shape index (κ1) is 24.0. The van der Waals surface area contributed by atoms with E-state index in [-0.39, 0.29) is 12.3 Å². The highest BCUT2D eigenvalue weighted by atomic mass is 35.5. The van der Waals surface area contributed by atoms with E-state index in [9.17, 15) is 4.79 Å². The fourth-order valence-electron chi connectivity index (χ4n) is 3.91. The van der Waals surface area contributed by atoms with Gasteiger partial charge in [-0.05, 0) is 50.6 Å². The lowest BCUT2D eigenvalue weighted by Gasteiger charge is -2.17.